The number of hydrogen-bond acceptors (Lipinski definition) is 3. The first-order valence-electron chi connectivity index (χ1n) is 5.70. The van der Waals surface area contributed by atoms with Crippen molar-refractivity contribution in [2.75, 3.05) is 5.32 Å². The Morgan fingerprint density at radius 3 is 2.50 bits per heavy atom. The minimum absolute atomic E-state index is 0.483. The topological polar surface area (TPSA) is 73.1 Å². The van der Waals surface area contributed by atoms with Crippen LogP contribution < -0.4 is 5.32 Å². The minimum atomic E-state index is -0.965. The van der Waals surface area contributed by atoms with Gasteiger partial charge in [-0.05, 0) is 47.0 Å². The van der Waals surface area contributed by atoms with Crippen molar-refractivity contribution in [3.8, 4) is 6.07 Å². The van der Waals surface area contributed by atoms with E-state index in [4.69, 9.17) is 5.26 Å². The fourth-order valence-electron chi connectivity index (χ4n) is 1.74. The van der Waals surface area contributed by atoms with Crippen LogP contribution >= 0.6 is 15.9 Å². The van der Waals surface area contributed by atoms with Crippen LogP contribution in [0.4, 0.5) is 5.69 Å². The third-order valence-corrected chi connectivity index (χ3v) is 3.75. The molecule has 2 N–H and O–H groups in total. The van der Waals surface area contributed by atoms with E-state index in [1.54, 1.807) is 18.2 Å². The summed E-state index contributed by atoms with van der Waals surface area (Å²) in [6, 6.07) is 7.14. The molecule has 0 radical (unpaired) electrons. The minimum Gasteiger partial charge on any atom is -0.480 e. The van der Waals surface area contributed by atoms with Gasteiger partial charge in [-0.2, -0.15) is 5.26 Å². The Labute approximate surface area is 115 Å². The lowest BCUT2D eigenvalue weighted by Crippen LogP contribution is -2.45. The van der Waals surface area contributed by atoms with Crippen LogP contribution in [0, 0.1) is 11.3 Å². The third-order valence-electron chi connectivity index (χ3n) is 3.09. The fraction of sp³-hybridized carbons (Fsp3) is 0.385. The molecule has 0 bridgehead atoms. The standard InChI is InChI=1S/C13H15BrN2O2/c1-3-13(4-2,12(17)18)16-10-6-5-9(8-15)11(14)7-10/h5-7,16H,3-4H2,1-2H3,(H,17,18). The van der Waals surface area contributed by atoms with E-state index < -0.39 is 11.5 Å². The number of hydrogen-bond donors (Lipinski definition) is 2. The number of halogens is 1. The van der Waals surface area contributed by atoms with Gasteiger partial charge in [0, 0.05) is 10.2 Å². The zero-order chi connectivity index (χ0) is 13.8. The first-order valence-corrected chi connectivity index (χ1v) is 6.49. The van der Waals surface area contributed by atoms with Crippen molar-refractivity contribution in [3.05, 3.63) is 28.2 Å². The molecule has 0 unspecified atom stereocenters. The molecule has 0 fully saturated rings. The molecule has 18 heavy (non-hydrogen) atoms. The van der Waals surface area contributed by atoms with E-state index in [-0.39, 0.29) is 0 Å². The van der Waals surface area contributed by atoms with Crippen molar-refractivity contribution in [2.24, 2.45) is 0 Å². The Morgan fingerprint density at radius 2 is 2.11 bits per heavy atom. The molecule has 1 rings (SSSR count). The van der Waals surface area contributed by atoms with Crippen LogP contribution in [0.15, 0.2) is 22.7 Å². The number of carboxylic acid groups (broad SMARTS) is 1. The molecule has 4 nitrogen and oxygen atoms in total. The number of nitrogens with one attached hydrogen (secondary N) is 1. The van der Waals surface area contributed by atoms with Crippen molar-refractivity contribution in [1.29, 1.82) is 5.26 Å². The first-order chi connectivity index (χ1) is 8.49. The zero-order valence-corrected chi connectivity index (χ0v) is 11.9. The summed E-state index contributed by atoms with van der Waals surface area (Å²) in [5.41, 5.74) is 0.245. The maximum atomic E-state index is 11.4. The summed E-state index contributed by atoms with van der Waals surface area (Å²) in [7, 11) is 0. The first kappa shape index (κ1) is 14.5. The van der Waals surface area contributed by atoms with E-state index >= 15 is 0 Å². The van der Waals surface area contributed by atoms with Gasteiger partial charge < -0.3 is 10.4 Å². The summed E-state index contributed by atoms with van der Waals surface area (Å²) >= 11 is 3.29. The maximum Gasteiger partial charge on any atom is 0.329 e. The quantitative estimate of drug-likeness (QED) is 0.874. The van der Waals surface area contributed by atoms with Gasteiger partial charge >= 0.3 is 5.97 Å². The number of nitrogens with zero attached hydrogens (tertiary/aromatic N) is 1. The second-order valence-corrected chi connectivity index (χ2v) is 4.88. The van der Waals surface area contributed by atoms with Gasteiger partial charge in [0.25, 0.3) is 0 Å². The van der Waals surface area contributed by atoms with E-state index in [2.05, 4.69) is 21.2 Å². The van der Waals surface area contributed by atoms with Gasteiger partial charge in [-0.15, -0.1) is 0 Å². The molecule has 1 aromatic carbocycles. The Balaban J connectivity index is 3.06. The summed E-state index contributed by atoms with van der Waals surface area (Å²) in [4.78, 5) is 11.4. The highest BCUT2D eigenvalue weighted by Gasteiger charge is 2.34. The van der Waals surface area contributed by atoms with Crippen molar-refractivity contribution in [1.82, 2.24) is 0 Å². The maximum absolute atomic E-state index is 11.4. The largest absolute Gasteiger partial charge is 0.480 e. The van der Waals surface area contributed by atoms with Gasteiger partial charge in [-0.25, -0.2) is 4.79 Å². The second-order valence-electron chi connectivity index (χ2n) is 4.03. The highest BCUT2D eigenvalue weighted by molar-refractivity contribution is 9.10. The molecule has 0 saturated carbocycles. The van der Waals surface area contributed by atoms with Gasteiger partial charge in [-0.1, -0.05) is 13.8 Å². The van der Waals surface area contributed by atoms with Crippen LogP contribution in [0.2, 0.25) is 0 Å². The molecule has 96 valence electrons. The summed E-state index contributed by atoms with van der Waals surface area (Å²) < 4.78 is 0.654. The van der Waals surface area contributed by atoms with Crippen LogP contribution in [0.3, 0.4) is 0 Å². The number of rotatable bonds is 5. The molecule has 0 aromatic heterocycles. The molecular weight excluding hydrogens is 296 g/mol. The van der Waals surface area contributed by atoms with Crippen molar-refractivity contribution in [2.45, 2.75) is 32.2 Å². The molecule has 0 spiro atoms. The molecule has 0 saturated heterocycles. The SMILES string of the molecule is CCC(CC)(Nc1ccc(C#N)c(Br)c1)C(=O)O. The zero-order valence-electron chi connectivity index (χ0n) is 10.3. The predicted octanol–water partition coefficient (Wildman–Crippen LogP) is 3.38. The Morgan fingerprint density at radius 1 is 1.50 bits per heavy atom. The van der Waals surface area contributed by atoms with Crippen LogP contribution in [0.1, 0.15) is 32.3 Å². The van der Waals surface area contributed by atoms with Crippen LogP contribution in [-0.2, 0) is 4.79 Å². The number of anilines is 1. The second kappa shape index (κ2) is 5.87. The van der Waals surface area contributed by atoms with Crippen molar-refractivity contribution in [3.63, 3.8) is 0 Å². The number of carbonyl (C=O) groups is 1. The Hall–Kier alpha value is -1.54. The molecule has 0 aliphatic carbocycles. The van der Waals surface area contributed by atoms with Gasteiger partial charge in [-0.3, -0.25) is 0 Å². The van der Waals surface area contributed by atoms with Crippen LogP contribution in [-0.4, -0.2) is 16.6 Å². The molecular formula is C13H15BrN2O2. The average molecular weight is 311 g/mol. The van der Waals surface area contributed by atoms with Gasteiger partial charge in [0.05, 0.1) is 5.56 Å². The summed E-state index contributed by atoms with van der Waals surface area (Å²) in [5.74, 6) is -0.868. The number of benzene rings is 1. The number of nitriles is 1. The van der Waals surface area contributed by atoms with E-state index in [1.165, 1.54) is 0 Å². The molecule has 5 heteroatoms. The van der Waals surface area contributed by atoms with E-state index in [1.807, 2.05) is 19.9 Å². The summed E-state index contributed by atoms with van der Waals surface area (Å²) in [5, 5.41) is 21.2. The highest BCUT2D eigenvalue weighted by Crippen LogP contribution is 2.26. The Bertz CT molecular complexity index is 490. The van der Waals surface area contributed by atoms with Gasteiger partial charge in [0.15, 0.2) is 0 Å². The van der Waals surface area contributed by atoms with E-state index in [0.29, 0.717) is 28.6 Å². The molecule has 0 amide bonds. The monoisotopic (exact) mass is 310 g/mol. The van der Waals surface area contributed by atoms with Crippen LogP contribution in [0.5, 0.6) is 0 Å². The Kier molecular flexibility index (Phi) is 4.74. The predicted molar refractivity (Wildman–Crippen MR) is 73.4 cm³/mol. The fourth-order valence-corrected chi connectivity index (χ4v) is 2.21. The number of carboxylic acids is 1. The molecule has 0 aliphatic rings. The summed E-state index contributed by atoms with van der Waals surface area (Å²) in [6.07, 6.45) is 0.965. The van der Waals surface area contributed by atoms with Gasteiger partial charge in [0.2, 0.25) is 0 Å². The molecule has 1 aromatic rings. The smallest absolute Gasteiger partial charge is 0.329 e. The van der Waals surface area contributed by atoms with Crippen molar-refractivity contribution < 1.29 is 9.90 Å². The lowest BCUT2D eigenvalue weighted by Gasteiger charge is -2.29. The van der Waals surface area contributed by atoms with Crippen molar-refractivity contribution >= 4 is 27.6 Å². The molecule has 0 aliphatic heterocycles. The van der Waals surface area contributed by atoms with E-state index in [0.717, 1.165) is 0 Å². The third kappa shape index (κ3) is 2.82. The normalized spacial score (nSPS) is 10.8. The average Bonchev–Trinajstić information content (AvgIpc) is 2.36. The number of aliphatic carboxylic acids is 1. The molecule has 0 heterocycles. The lowest BCUT2D eigenvalue weighted by atomic mass is 9.92. The lowest BCUT2D eigenvalue weighted by molar-refractivity contribution is -0.142. The molecule has 0 atom stereocenters. The van der Waals surface area contributed by atoms with Gasteiger partial charge in [0.1, 0.15) is 11.6 Å². The van der Waals surface area contributed by atoms with E-state index in [9.17, 15) is 9.90 Å². The highest BCUT2D eigenvalue weighted by atomic mass is 79.9. The summed E-state index contributed by atoms with van der Waals surface area (Å²) in [6.45, 7) is 3.67. The van der Waals surface area contributed by atoms with Crippen LogP contribution in [0.25, 0.3) is 0 Å².